The molecule has 1 N–H and O–H groups in total. The van der Waals surface area contributed by atoms with E-state index in [4.69, 9.17) is 4.74 Å². The third-order valence-electron chi connectivity index (χ3n) is 5.82. The van der Waals surface area contributed by atoms with Crippen molar-refractivity contribution in [2.45, 2.75) is 38.0 Å². The molecule has 0 saturated carbocycles. The Morgan fingerprint density at radius 1 is 1.10 bits per heavy atom. The Hall–Kier alpha value is -2.97. The Labute approximate surface area is 182 Å². The highest BCUT2D eigenvalue weighted by Gasteiger charge is 2.25. The molecule has 1 aromatic carbocycles. The van der Waals surface area contributed by atoms with Crippen molar-refractivity contribution in [1.82, 2.24) is 24.5 Å². The maximum Gasteiger partial charge on any atom is 0.259 e. The minimum absolute atomic E-state index is 0.188. The van der Waals surface area contributed by atoms with Gasteiger partial charge in [0.1, 0.15) is 5.82 Å². The number of hydrogen-bond acceptors (Lipinski definition) is 5. The van der Waals surface area contributed by atoms with Gasteiger partial charge in [0.25, 0.3) is 5.91 Å². The summed E-state index contributed by atoms with van der Waals surface area (Å²) >= 11 is 0. The summed E-state index contributed by atoms with van der Waals surface area (Å²) < 4.78 is 9.39. The summed E-state index contributed by atoms with van der Waals surface area (Å²) in [6.45, 7) is 4.08. The van der Waals surface area contributed by atoms with E-state index in [-0.39, 0.29) is 11.9 Å². The van der Waals surface area contributed by atoms with E-state index in [1.807, 2.05) is 64.2 Å². The molecule has 0 radical (unpaired) electrons. The van der Waals surface area contributed by atoms with Gasteiger partial charge in [-0.3, -0.25) is 9.48 Å². The van der Waals surface area contributed by atoms with Gasteiger partial charge in [0.15, 0.2) is 6.10 Å². The van der Waals surface area contributed by atoms with Crippen molar-refractivity contribution in [1.29, 1.82) is 0 Å². The summed E-state index contributed by atoms with van der Waals surface area (Å²) in [7, 11) is 1.55. The molecule has 0 aliphatic carbocycles. The van der Waals surface area contributed by atoms with Gasteiger partial charge in [0.05, 0.1) is 12.2 Å². The Morgan fingerprint density at radius 2 is 1.90 bits per heavy atom. The van der Waals surface area contributed by atoms with Gasteiger partial charge in [0, 0.05) is 45.2 Å². The van der Waals surface area contributed by atoms with E-state index in [0.29, 0.717) is 0 Å². The molecule has 0 unspecified atom stereocenters. The fourth-order valence-electron chi connectivity index (χ4n) is 4.19. The number of benzene rings is 1. The van der Waals surface area contributed by atoms with Crippen molar-refractivity contribution in [2.24, 2.45) is 0 Å². The van der Waals surface area contributed by atoms with Crippen LogP contribution in [0.15, 0.2) is 61.1 Å². The number of likely N-dealkylation sites (tertiary alicyclic amines) is 1. The van der Waals surface area contributed by atoms with Gasteiger partial charge < -0.3 is 15.0 Å². The number of nitrogens with one attached hydrogen (secondary N) is 1. The molecule has 4 rings (SSSR count). The van der Waals surface area contributed by atoms with Crippen LogP contribution in [-0.2, 0) is 16.1 Å². The molecule has 1 aliphatic heterocycles. The smallest absolute Gasteiger partial charge is 0.259 e. The second-order valence-corrected chi connectivity index (χ2v) is 7.87. The van der Waals surface area contributed by atoms with Crippen LogP contribution in [0.4, 0.5) is 5.82 Å². The quantitative estimate of drug-likeness (QED) is 0.573. The monoisotopic (exact) mass is 422 g/mol. The fourth-order valence-corrected chi connectivity index (χ4v) is 4.19. The minimum Gasteiger partial charge on any atom is -0.367 e. The van der Waals surface area contributed by atoms with E-state index >= 15 is 0 Å². The zero-order valence-corrected chi connectivity index (χ0v) is 17.9. The number of carbonyl (C=O) groups is 1. The van der Waals surface area contributed by atoms with Crippen LogP contribution in [0, 0.1) is 0 Å². The van der Waals surface area contributed by atoms with E-state index in [1.54, 1.807) is 13.3 Å². The molecule has 0 spiro atoms. The molecule has 0 bridgehead atoms. The summed E-state index contributed by atoms with van der Waals surface area (Å²) in [6.07, 6.45) is 8.04. The van der Waals surface area contributed by atoms with Crippen molar-refractivity contribution in [3.05, 3.63) is 66.6 Å². The summed E-state index contributed by atoms with van der Waals surface area (Å²) in [5.41, 5.74) is 0.831. The van der Waals surface area contributed by atoms with Gasteiger partial charge in [-0.05, 0) is 37.4 Å². The normalized spacial score (nSPS) is 16.3. The zero-order chi connectivity index (χ0) is 21.5. The Morgan fingerprint density at radius 3 is 2.61 bits per heavy atom. The predicted octanol–water partition coefficient (Wildman–Crippen LogP) is 3.13. The average molecular weight is 423 g/mol. The molecule has 1 fully saturated rings. The molecule has 164 valence electrons. The van der Waals surface area contributed by atoms with Crippen LogP contribution in [-0.4, -0.2) is 57.1 Å². The van der Waals surface area contributed by atoms with Gasteiger partial charge in [-0.15, -0.1) is 0 Å². The third-order valence-corrected chi connectivity index (χ3v) is 5.82. The van der Waals surface area contributed by atoms with Gasteiger partial charge in [-0.2, -0.15) is 10.2 Å². The lowest BCUT2D eigenvalue weighted by Crippen LogP contribution is -2.36. The number of nitrogens with zero attached hydrogens (tertiary/aromatic N) is 5. The summed E-state index contributed by atoms with van der Waals surface area (Å²) in [5.74, 6) is 0.534. The second-order valence-electron chi connectivity index (χ2n) is 7.87. The number of hydrogen-bond donors (Lipinski definition) is 1. The van der Waals surface area contributed by atoms with Crippen LogP contribution < -0.4 is 5.32 Å². The number of piperidine rings is 1. The van der Waals surface area contributed by atoms with Gasteiger partial charge in [-0.25, -0.2) is 4.68 Å². The molecule has 1 saturated heterocycles. The number of aryl methyl sites for hydroxylation is 1. The Bertz CT molecular complexity index is 932. The van der Waals surface area contributed by atoms with Crippen LogP contribution in [0.1, 0.15) is 37.0 Å². The fraction of sp³-hybridized carbons (Fsp3) is 0.435. The first kappa shape index (κ1) is 21.3. The molecule has 2 aromatic heterocycles. The molecule has 3 aromatic rings. The standard InChI is InChI=1S/C23H30N6O2/c1-31-22(19-7-3-2-4-8-19)23(30)26-21-9-13-25-29(21)20-10-17-27(18-11-20)14-6-16-28-15-5-12-24-28/h2-5,7-9,12-13,15,20,22H,6,10-11,14,16-18H2,1H3,(H,26,30)/t22-/m0/s1. The first-order chi connectivity index (χ1) is 15.2. The maximum absolute atomic E-state index is 12.9. The molecular weight excluding hydrogens is 392 g/mol. The summed E-state index contributed by atoms with van der Waals surface area (Å²) in [5, 5.41) is 11.8. The number of carbonyl (C=O) groups excluding carboxylic acids is 1. The molecule has 31 heavy (non-hydrogen) atoms. The lowest BCUT2D eigenvalue weighted by molar-refractivity contribution is -0.126. The van der Waals surface area contributed by atoms with Crippen LogP contribution in [0.2, 0.25) is 0 Å². The van der Waals surface area contributed by atoms with E-state index in [9.17, 15) is 4.79 Å². The molecule has 8 heteroatoms. The van der Waals surface area contributed by atoms with E-state index in [0.717, 1.165) is 56.8 Å². The van der Waals surface area contributed by atoms with Crippen LogP contribution in [0.3, 0.4) is 0 Å². The Kier molecular flexibility index (Phi) is 7.11. The minimum atomic E-state index is -0.652. The molecule has 1 atom stereocenters. The van der Waals surface area contributed by atoms with Crippen LogP contribution in [0.25, 0.3) is 0 Å². The highest BCUT2D eigenvalue weighted by Crippen LogP contribution is 2.26. The topological polar surface area (TPSA) is 77.2 Å². The number of methoxy groups -OCH3 is 1. The molecular formula is C23H30N6O2. The number of aromatic nitrogens is 4. The van der Waals surface area contributed by atoms with Crippen LogP contribution in [0.5, 0.6) is 0 Å². The number of anilines is 1. The number of ether oxygens (including phenoxy) is 1. The third kappa shape index (κ3) is 5.39. The van der Waals surface area contributed by atoms with Crippen molar-refractivity contribution < 1.29 is 9.53 Å². The van der Waals surface area contributed by atoms with Crippen molar-refractivity contribution in [2.75, 3.05) is 32.1 Å². The van der Waals surface area contributed by atoms with E-state index < -0.39 is 6.10 Å². The molecule has 8 nitrogen and oxygen atoms in total. The molecule has 1 aliphatic rings. The second kappa shape index (κ2) is 10.4. The molecule has 3 heterocycles. The van der Waals surface area contributed by atoms with Gasteiger partial charge in [0.2, 0.25) is 0 Å². The SMILES string of the molecule is CO[C@H](C(=O)Nc1ccnn1C1CCN(CCCn2cccn2)CC1)c1ccccc1. The Balaban J connectivity index is 1.30. The first-order valence-corrected chi connectivity index (χ1v) is 10.9. The molecule has 1 amide bonds. The highest BCUT2D eigenvalue weighted by molar-refractivity contribution is 5.94. The van der Waals surface area contributed by atoms with Gasteiger partial charge >= 0.3 is 0 Å². The maximum atomic E-state index is 12.9. The lowest BCUT2D eigenvalue weighted by Gasteiger charge is -2.32. The number of rotatable bonds is 9. The van der Waals surface area contributed by atoms with Gasteiger partial charge in [-0.1, -0.05) is 30.3 Å². The first-order valence-electron chi connectivity index (χ1n) is 10.9. The highest BCUT2D eigenvalue weighted by atomic mass is 16.5. The lowest BCUT2D eigenvalue weighted by atomic mass is 10.0. The zero-order valence-electron chi connectivity index (χ0n) is 17.9. The average Bonchev–Trinajstić information content (AvgIpc) is 3.48. The van der Waals surface area contributed by atoms with Crippen LogP contribution >= 0.6 is 0 Å². The summed E-state index contributed by atoms with van der Waals surface area (Å²) in [4.78, 5) is 15.4. The summed E-state index contributed by atoms with van der Waals surface area (Å²) in [6, 6.07) is 13.6. The number of amides is 1. The largest absolute Gasteiger partial charge is 0.367 e. The van der Waals surface area contributed by atoms with Crippen molar-refractivity contribution in [3.63, 3.8) is 0 Å². The predicted molar refractivity (Wildman–Crippen MR) is 119 cm³/mol. The van der Waals surface area contributed by atoms with E-state index in [1.165, 1.54) is 0 Å². The van der Waals surface area contributed by atoms with Crippen molar-refractivity contribution >= 4 is 11.7 Å². The van der Waals surface area contributed by atoms with E-state index in [2.05, 4.69) is 20.4 Å². The van der Waals surface area contributed by atoms with Crippen molar-refractivity contribution in [3.8, 4) is 0 Å².